The molecule has 0 saturated heterocycles. The summed E-state index contributed by atoms with van der Waals surface area (Å²) in [5.41, 5.74) is 8.47. The predicted octanol–water partition coefficient (Wildman–Crippen LogP) is 19.5. The smallest absolute Gasteiger partial charge is 0.0441 e. The minimum absolute atomic E-state index is 1.23. The highest BCUT2D eigenvalue weighted by molar-refractivity contribution is 5.42. The molecule has 0 spiro atoms. The Hall–Kier alpha value is -0.850. The molecule has 1 nitrogen and oxygen atoms in total. The Labute approximate surface area is 355 Å². The van der Waals surface area contributed by atoms with Crippen LogP contribution >= 0.6 is 0 Å². The van der Waals surface area contributed by atoms with Crippen molar-refractivity contribution in [1.29, 1.82) is 0 Å². The lowest BCUT2D eigenvalue weighted by molar-refractivity contribution is 0.557. The molecular weight excluding hydrogens is 675 g/mol. The van der Waals surface area contributed by atoms with Crippen molar-refractivity contribution in [2.45, 2.75) is 324 Å². The Morgan fingerprint density at radius 3 is 0.607 bits per heavy atom. The molecule has 0 aromatic carbocycles. The van der Waals surface area contributed by atoms with Crippen LogP contribution < -0.4 is 0 Å². The Bertz CT molecular complexity index is 869. The first kappa shape index (κ1) is 53.2. The van der Waals surface area contributed by atoms with Crippen LogP contribution in [0, 0.1) is 0 Å². The lowest BCUT2D eigenvalue weighted by atomic mass is 9.86. The normalized spacial score (nSPS) is 11.7. The predicted molar refractivity (Wildman–Crippen MR) is 256 cm³/mol. The first-order valence-electron chi connectivity index (χ1n) is 26.8. The number of pyridine rings is 1. The fourth-order valence-corrected chi connectivity index (χ4v) is 9.29. The molecule has 0 unspecified atom stereocenters. The monoisotopic (exact) mass is 780 g/mol. The Kier molecular flexibility index (Phi) is 40.1. The fraction of sp³-hybridized carbons (Fsp3) is 0.909. The van der Waals surface area contributed by atoms with Crippen LogP contribution in [0.2, 0.25) is 0 Å². The van der Waals surface area contributed by atoms with Gasteiger partial charge in [0, 0.05) is 11.4 Å². The van der Waals surface area contributed by atoms with Gasteiger partial charge in [0.05, 0.1) is 0 Å². The van der Waals surface area contributed by atoms with E-state index in [0.717, 1.165) is 0 Å². The Morgan fingerprint density at radius 1 is 0.196 bits per heavy atom. The third-order valence-corrected chi connectivity index (χ3v) is 13.1. The van der Waals surface area contributed by atoms with Crippen LogP contribution in [-0.4, -0.2) is 4.98 Å². The van der Waals surface area contributed by atoms with E-state index >= 15 is 0 Å². The summed E-state index contributed by atoms with van der Waals surface area (Å²) >= 11 is 0. The maximum Gasteiger partial charge on any atom is 0.0441 e. The number of unbranched alkanes of at least 4 members (excludes halogenated alkanes) is 35. The molecule has 0 saturated carbocycles. The van der Waals surface area contributed by atoms with Gasteiger partial charge in [-0.1, -0.05) is 259 Å². The minimum atomic E-state index is 1.23. The van der Waals surface area contributed by atoms with Gasteiger partial charge in [0.1, 0.15) is 0 Å². The topological polar surface area (TPSA) is 12.9 Å². The van der Waals surface area contributed by atoms with Crippen molar-refractivity contribution in [2.75, 3.05) is 0 Å². The maximum atomic E-state index is 5.83. The summed E-state index contributed by atoms with van der Waals surface area (Å²) in [5, 5.41) is 0. The number of hydrogen-bond donors (Lipinski definition) is 0. The van der Waals surface area contributed by atoms with Crippen LogP contribution in [0.5, 0.6) is 0 Å². The van der Waals surface area contributed by atoms with E-state index in [1.807, 2.05) is 5.56 Å². The lowest BCUT2D eigenvalue weighted by Crippen LogP contribution is -2.13. The Morgan fingerprint density at radius 2 is 0.375 bits per heavy atom. The standard InChI is InChI=1S/C55H105N/c1-6-11-16-21-26-31-36-41-46-51-52(47-42-37-32-27-22-17-12-7-2)54(49-44-39-34-29-24-19-14-9-4)56-55(50-45-40-35-30-25-20-15-10-5)53(51)48-43-38-33-28-23-18-13-8-3/h6-50H2,1-5H3. The Balaban J connectivity index is 3.28. The number of nitrogens with zero attached hydrogens (tertiary/aromatic N) is 1. The largest absolute Gasteiger partial charge is 0.257 e. The molecule has 330 valence electrons. The van der Waals surface area contributed by atoms with Crippen LogP contribution in [0.1, 0.15) is 320 Å². The SMILES string of the molecule is CCCCCCCCCCc1nc(CCCCCCCCCC)c(CCCCCCCCCC)c(CCCCCCCCCC)c1CCCCCCCCCC. The van der Waals surface area contributed by atoms with Crippen LogP contribution in [0.15, 0.2) is 0 Å². The summed E-state index contributed by atoms with van der Waals surface area (Å²) < 4.78 is 0. The lowest BCUT2D eigenvalue weighted by Gasteiger charge is -2.23. The molecule has 1 aromatic rings. The van der Waals surface area contributed by atoms with E-state index in [4.69, 9.17) is 4.98 Å². The fourth-order valence-electron chi connectivity index (χ4n) is 9.29. The van der Waals surface area contributed by atoms with Gasteiger partial charge in [-0.15, -0.1) is 0 Å². The second kappa shape index (κ2) is 42.3. The molecule has 0 radical (unpaired) electrons. The molecule has 1 heteroatoms. The number of aryl methyl sites for hydroxylation is 2. The van der Waals surface area contributed by atoms with E-state index in [1.54, 1.807) is 22.5 Å². The molecule has 0 atom stereocenters. The second-order valence-corrected chi connectivity index (χ2v) is 18.6. The third-order valence-electron chi connectivity index (χ3n) is 13.1. The second-order valence-electron chi connectivity index (χ2n) is 18.6. The van der Waals surface area contributed by atoms with Gasteiger partial charge >= 0.3 is 0 Å². The molecule has 0 aliphatic heterocycles. The molecule has 56 heavy (non-hydrogen) atoms. The highest BCUT2D eigenvalue weighted by atomic mass is 14.7. The van der Waals surface area contributed by atoms with E-state index in [2.05, 4.69) is 34.6 Å². The summed E-state index contributed by atoms with van der Waals surface area (Å²) in [6.07, 6.45) is 62.8. The number of rotatable bonds is 45. The maximum absolute atomic E-state index is 5.83. The van der Waals surface area contributed by atoms with Crippen molar-refractivity contribution in [1.82, 2.24) is 4.98 Å². The summed E-state index contributed by atoms with van der Waals surface area (Å²) in [4.78, 5) is 5.83. The molecular formula is C55H105N. The summed E-state index contributed by atoms with van der Waals surface area (Å²) in [6.45, 7) is 11.7. The zero-order valence-corrected chi connectivity index (χ0v) is 39.8. The minimum Gasteiger partial charge on any atom is -0.257 e. The van der Waals surface area contributed by atoms with E-state index in [-0.39, 0.29) is 0 Å². The molecule has 0 N–H and O–H groups in total. The average molecular weight is 780 g/mol. The van der Waals surface area contributed by atoms with Crippen LogP contribution in [0.25, 0.3) is 0 Å². The van der Waals surface area contributed by atoms with Crippen molar-refractivity contribution < 1.29 is 0 Å². The molecule has 1 aromatic heterocycles. The molecule has 0 bridgehead atoms. The van der Waals surface area contributed by atoms with Gasteiger partial charge in [-0.3, -0.25) is 4.98 Å². The van der Waals surface area contributed by atoms with E-state index < -0.39 is 0 Å². The van der Waals surface area contributed by atoms with Gasteiger partial charge in [-0.2, -0.15) is 0 Å². The molecule has 0 aliphatic rings. The summed E-state index contributed by atoms with van der Waals surface area (Å²) in [7, 11) is 0. The van der Waals surface area contributed by atoms with E-state index in [1.165, 1.54) is 289 Å². The van der Waals surface area contributed by atoms with Gasteiger partial charge in [-0.05, 0) is 80.9 Å². The zero-order valence-electron chi connectivity index (χ0n) is 39.8. The van der Waals surface area contributed by atoms with Crippen molar-refractivity contribution >= 4 is 0 Å². The first-order chi connectivity index (χ1) is 27.7. The molecule has 0 amide bonds. The summed E-state index contributed by atoms with van der Waals surface area (Å²) in [5.74, 6) is 0. The van der Waals surface area contributed by atoms with Crippen molar-refractivity contribution in [3.63, 3.8) is 0 Å². The van der Waals surface area contributed by atoms with Gasteiger partial charge in [-0.25, -0.2) is 0 Å². The van der Waals surface area contributed by atoms with E-state index in [9.17, 15) is 0 Å². The first-order valence-corrected chi connectivity index (χ1v) is 26.8. The van der Waals surface area contributed by atoms with Gasteiger partial charge in [0.2, 0.25) is 0 Å². The number of aromatic nitrogens is 1. The van der Waals surface area contributed by atoms with Crippen molar-refractivity contribution in [3.05, 3.63) is 28.1 Å². The molecule has 0 aliphatic carbocycles. The van der Waals surface area contributed by atoms with Crippen molar-refractivity contribution in [3.8, 4) is 0 Å². The highest BCUT2D eigenvalue weighted by Crippen LogP contribution is 2.30. The van der Waals surface area contributed by atoms with E-state index in [0.29, 0.717) is 0 Å². The molecule has 1 rings (SSSR count). The molecule has 1 heterocycles. The van der Waals surface area contributed by atoms with Crippen LogP contribution in [0.4, 0.5) is 0 Å². The van der Waals surface area contributed by atoms with Crippen LogP contribution in [-0.2, 0) is 32.1 Å². The zero-order chi connectivity index (χ0) is 40.4. The highest BCUT2D eigenvalue weighted by Gasteiger charge is 2.19. The molecule has 0 fully saturated rings. The summed E-state index contributed by atoms with van der Waals surface area (Å²) in [6, 6.07) is 0. The quantitative estimate of drug-likeness (QED) is 0.0601. The third kappa shape index (κ3) is 30.2. The van der Waals surface area contributed by atoms with Crippen molar-refractivity contribution in [2.24, 2.45) is 0 Å². The van der Waals surface area contributed by atoms with Gasteiger partial charge in [0.25, 0.3) is 0 Å². The number of hydrogen-bond acceptors (Lipinski definition) is 1. The average Bonchev–Trinajstić information content (AvgIpc) is 3.21. The van der Waals surface area contributed by atoms with Crippen LogP contribution in [0.3, 0.4) is 0 Å². The van der Waals surface area contributed by atoms with Gasteiger partial charge < -0.3 is 0 Å². The van der Waals surface area contributed by atoms with Gasteiger partial charge in [0.15, 0.2) is 0 Å².